The van der Waals surface area contributed by atoms with Gasteiger partial charge in [0.15, 0.2) is 0 Å². The van der Waals surface area contributed by atoms with Gasteiger partial charge in [0.2, 0.25) is 0 Å². The molecule has 0 amide bonds. The third-order valence-corrected chi connectivity index (χ3v) is 7.74. The van der Waals surface area contributed by atoms with Gasteiger partial charge in [-0.15, -0.1) is 0 Å². The molecule has 2 aliphatic heterocycles. The van der Waals surface area contributed by atoms with Crippen molar-refractivity contribution in [2.24, 2.45) is 0 Å². The molecule has 0 aliphatic carbocycles. The lowest BCUT2D eigenvalue weighted by Crippen LogP contribution is -2.34. The Morgan fingerprint density at radius 2 is 0.900 bits per heavy atom. The quantitative estimate of drug-likeness (QED) is 0.187. The highest BCUT2D eigenvalue weighted by atomic mass is 35.5. The van der Waals surface area contributed by atoms with Crippen LogP contribution in [0, 0.1) is 0 Å². The molecule has 0 saturated carbocycles. The molecule has 198 valence electrons. The third-order valence-electron chi connectivity index (χ3n) is 7.24. The van der Waals surface area contributed by atoms with Crippen LogP contribution < -0.4 is 33.1 Å². The molecule has 6 N–H and O–H groups in total. The first-order chi connectivity index (χ1) is 19.3. The monoisotopic (exact) mass is 572 g/mol. The summed E-state index contributed by atoms with van der Waals surface area (Å²) in [6.45, 7) is 0. The lowest BCUT2D eigenvalue weighted by Gasteiger charge is -2.33. The molecule has 4 heterocycles. The molecule has 0 radical (unpaired) electrons. The number of hydrogen-bond acceptors (Lipinski definition) is 6. The van der Waals surface area contributed by atoms with Gasteiger partial charge in [-0.25, -0.2) is 9.59 Å². The maximum atomic E-state index is 13.1. The average Bonchev–Trinajstić information content (AvgIpc) is 2.92. The van der Waals surface area contributed by atoms with Crippen molar-refractivity contribution in [2.75, 3.05) is 10.6 Å². The molecule has 2 aliphatic rings. The zero-order chi connectivity index (χ0) is 27.7. The Morgan fingerprint density at radius 3 is 1.27 bits per heavy atom. The SMILES string of the molecule is O=c1[nH]c2c(c(=O)[nH]1)C(c1ccc(Cl)cc1)Nc1cc3c(cc1-2)NC(c1ccc(Cl)cc1)c1c-3[nH]c(=O)[nH]c1=O. The van der Waals surface area contributed by atoms with Crippen molar-refractivity contribution >= 4 is 34.6 Å². The lowest BCUT2D eigenvalue weighted by atomic mass is 9.86. The van der Waals surface area contributed by atoms with Crippen molar-refractivity contribution in [1.29, 1.82) is 0 Å². The number of halogens is 2. The van der Waals surface area contributed by atoms with E-state index in [-0.39, 0.29) is 0 Å². The van der Waals surface area contributed by atoms with Gasteiger partial charge in [-0.2, -0.15) is 0 Å². The molecular formula is C28H18Cl2N6O4. The van der Waals surface area contributed by atoms with Crippen LogP contribution >= 0.6 is 23.2 Å². The summed E-state index contributed by atoms with van der Waals surface area (Å²) < 4.78 is 0. The normalized spacial score (nSPS) is 16.6. The first-order valence-corrected chi connectivity index (χ1v) is 13.0. The summed E-state index contributed by atoms with van der Waals surface area (Å²) in [5.41, 5.74) is 2.88. The standard InChI is InChI=1S/C28H18Cl2N6O4/c29-13-5-1-11(2-6-13)21-19-23(33-27(39)35-25(19)37)15-10-18-16(9-17(15)31-21)24-20(26(38)36-28(40)34-24)22(32-18)12-3-7-14(30)8-4-12/h1-10,21-22,31-32H,(H2,33,35,37,39)(H2,34,36,38,40). The zero-order valence-electron chi connectivity index (χ0n) is 20.3. The minimum absolute atomic E-state index is 0.338. The lowest BCUT2D eigenvalue weighted by molar-refractivity contribution is 0.857. The Balaban J connectivity index is 1.48. The van der Waals surface area contributed by atoms with Crippen molar-refractivity contribution in [1.82, 2.24) is 19.9 Å². The van der Waals surface area contributed by atoms with Crippen molar-refractivity contribution in [3.8, 4) is 22.5 Å². The van der Waals surface area contributed by atoms with Crippen LogP contribution in [0.4, 0.5) is 11.4 Å². The fourth-order valence-corrected chi connectivity index (χ4v) is 5.74. The number of anilines is 2. The molecule has 0 bridgehead atoms. The Labute approximate surface area is 234 Å². The Hall–Kier alpha value is -4.80. The van der Waals surface area contributed by atoms with E-state index in [2.05, 4.69) is 30.6 Å². The highest BCUT2D eigenvalue weighted by molar-refractivity contribution is 6.30. The molecule has 2 atom stereocenters. The third kappa shape index (κ3) is 3.80. The smallest absolute Gasteiger partial charge is 0.326 e. The van der Waals surface area contributed by atoms with Gasteiger partial charge in [0.25, 0.3) is 11.1 Å². The van der Waals surface area contributed by atoms with Crippen LogP contribution in [0.5, 0.6) is 0 Å². The average molecular weight is 573 g/mol. The first kappa shape index (κ1) is 24.3. The van der Waals surface area contributed by atoms with E-state index in [0.717, 1.165) is 11.1 Å². The molecule has 2 aromatic heterocycles. The second-order valence-electron chi connectivity index (χ2n) is 9.60. The molecule has 5 aromatic rings. The minimum atomic E-state index is -0.641. The Morgan fingerprint density at radius 1 is 0.525 bits per heavy atom. The van der Waals surface area contributed by atoms with Gasteiger partial charge in [-0.05, 0) is 47.5 Å². The van der Waals surface area contributed by atoms with E-state index in [9.17, 15) is 19.2 Å². The number of hydrogen-bond donors (Lipinski definition) is 6. The molecule has 0 spiro atoms. The van der Waals surface area contributed by atoms with Crippen LogP contribution in [0.2, 0.25) is 10.0 Å². The van der Waals surface area contributed by atoms with E-state index in [1.807, 2.05) is 0 Å². The van der Waals surface area contributed by atoms with Crippen LogP contribution in [-0.4, -0.2) is 19.9 Å². The fourth-order valence-electron chi connectivity index (χ4n) is 5.49. The van der Waals surface area contributed by atoms with Gasteiger partial charge < -0.3 is 20.6 Å². The zero-order valence-corrected chi connectivity index (χ0v) is 21.8. The van der Waals surface area contributed by atoms with Crippen LogP contribution in [-0.2, 0) is 0 Å². The van der Waals surface area contributed by atoms with Crippen LogP contribution in [0.25, 0.3) is 22.5 Å². The van der Waals surface area contributed by atoms with E-state index in [4.69, 9.17) is 23.2 Å². The van der Waals surface area contributed by atoms with Crippen molar-refractivity contribution in [2.45, 2.75) is 12.1 Å². The Bertz CT molecular complexity index is 1930. The van der Waals surface area contributed by atoms with Crippen molar-refractivity contribution < 1.29 is 0 Å². The minimum Gasteiger partial charge on any atom is -0.373 e. The molecule has 7 rings (SSSR count). The number of aromatic amines is 4. The van der Waals surface area contributed by atoms with E-state index in [0.29, 0.717) is 55.1 Å². The van der Waals surface area contributed by atoms with Crippen molar-refractivity contribution in [3.05, 3.63) is 135 Å². The fraction of sp³-hybridized carbons (Fsp3) is 0.0714. The summed E-state index contributed by atoms with van der Waals surface area (Å²) in [5.74, 6) is 0. The largest absolute Gasteiger partial charge is 0.373 e. The summed E-state index contributed by atoms with van der Waals surface area (Å²) in [6, 6.07) is 16.4. The summed E-state index contributed by atoms with van der Waals surface area (Å²) >= 11 is 12.2. The van der Waals surface area contributed by atoms with Gasteiger partial charge in [0, 0.05) is 32.5 Å². The predicted molar refractivity (Wildman–Crippen MR) is 154 cm³/mol. The molecule has 0 fully saturated rings. The Kier molecular flexibility index (Phi) is 5.38. The van der Waals surface area contributed by atoms with Gasteiger partial charge in [0.1, 0.15) is 0 Å². The molecular weight excluding hydrogens is 555 g/mol. The van der Waals surface area contributed by atoms with E-state index < -0.39 is 34.6 Å². The second-order valence-corrected chi connectivity index (χ2v) is 10.5. The first-order valence-electron chi connectivity index (χ1n) is 12.2. The number of rotatable bonds is 2. The highest BCUT2D eigenvalue weighted by Gasteiger charge is 2.34. The molecule has 3 aromatic carbocycles. The van der Waals surface area contributed by atoms with Crippen molar-refractivity contribution in [3.63, 3.8) is 0 Å². The second kappa shape index (κ2) is 8.87. The molecule has 0 saturated heterocycles. The number of H-pyrrole nitrogens is 4. The molecule has 10 nitrogen and oxygen atoms in total. The highest BCUT2D eigenvalue weighted by Crippen LogP contribution is 2.48. The van der Waals surface area contributed by atoms with Gasteiger partial charge in [-0.1, -0.05) is 47.5 Å². The van der Waals surface area contributed by atoms with Crippen LogP contribution in [0.3, 0.4) is 0 Å². The number of fused-ring (bicyclic) bond motifs is 6. The summed E-state index contributed by atoms with van der Waals surface area (Å²) in [4.78, 5) is 61.2. The number of nitrogens with one attached hydrogen (secondary N) is 6. The molecule has 40 heavy (non-hydrogen) atoms. The van der Waals surface area contributed by atoms with Gasteiger partial charge in [-0.3, -0.25) is 19.6 Å². The summed E-state index contributed by atoms with van der Waals surface area (Å²) in [7, 11) is 0. The topological polar surface area (TPSA) is 155 Å². The van der Waals surface area contributed by atoms with Crippen LogP contribution in [0.15, 0.2) is 79.8 Å². The van der Waals surface area contributed by atoms with E-state index in [1.165, 1.54) is 0 Å². The van der Waals surface area contributed by atoms with Gasteiger partial charge in [0.05, 0.1) is 34.6 Å². The van der Waals surface area contributed by atoms with E-state index >= 15 is 0 Å². The van der Waals surface area contributed by atoms with Gasteiger partial charge >= 0.3 is 11.4 Å². The summed E-state index contributed by atoms with van der Waals surface area (Å²) in [5, 5.41) is 7.88. The van der Waals surface area contributed by atoms with E-state index in [1.54, 1.807) is 60.7 Å². The predicted octanol–water partition coefficient (Wildman–Crippen LogP) is 4.11. The number of aromatic nitrogens is 4. The summed E-state index contributed by atoms with van der Waals surface area (Å²) in [6.07, 6.45) is 0. The molecule has 12 heteroatoms. The maximum Gasteiger partial charge on any atom is 0.326 e. The molecule has 2 unspecified atom stereocenters. The maximum absolute atomic E-state index is 13.1. The number of benzene rings is 3. The van der Waals surface area contributed by atoms with Crippen LogP contribution in [0.1, 0.15) is 34.3 Å².